The van der Waals surface area contributed by atoms with Crippen LogP contribution in [0.5, 0.6) is 5.75 Å². The molecule has 0 aliphatic rings. The minimum absolute atomic E-state index is 0.00192. The van der Waals surface area contributed by atoms with E-state index < -0.39 is 0 Å². The lowest BCUT2D eigenvalue weighted by atomic mass is 10.2. The van der Waals surface area contributed by atoms with Crippen LogP contribution in [0.2, 0.25) is 0 Å². The summed E-state index contributed by atoms with van der Waals surface area (Å²) in [5.41, 5.74) is 0.635. The van der Waals surface area contributed by atoms with Crippen LogP contribution in [-0.4, -0.2) is 12.6 Å². The van der Waals surface area contributed by atoms with Gasteiger partial charge in [0, 0.05) is 24.0 Å². The van der Waals surface area contributed by atoms with E-state index in [1.54, 1.807) is 30.4 Å². The first-order valence-electron chi connectivity index (χ1n) is 6.31. The van der Waals surface area contributed by atoms with Crippen LogP contribution in [0.25, 0.3) is 0 Å². The van der Waals surface area contributed by atoms with E-state index in [4.69, 9.17) is 4.74 Å². The van der Waals surface area contributed by atoms with Crippen molar-refractivity contribution in [2.75, 3.05) is 6.54 Å². The van der Waals surface area contributed by atoms with Crippen molar-refractivity contribution in [3.05, 3.63) is 52.0 Å². The third kappa shape index (κ3) is 4.33. The summed E-state index contributed by atoms with van der Waals surface area (Å²) < 4.78 is 19.0. The summed E-state index contributed by atoms with van der Waals surface area (Å²) in [6.07, 6.45) is 0.00192. The molecule has 19 heavy (non-hydrogen) atoms. The second-order valence-corrected chi connectivity index (χ2v) is 5.58. The SMILES string of the molecule is Cc1ccc(OC(C)CNCc2cccs2)cc1F. The summed E-state index contributed by atoms with van der Waals surface area (Å²) >= 11 is 1.73. The lowest BCUT2D eigenvalue weighted by molar-refractivity contribution is 0.216. The third-order valence-corrected chi connectivity index (χ3v) is 3.67. The Morgan fingerprint density at radius 2 is 2.21 bits per heavy atom. The maximum absolute atomic E-state index is 13.4. The number of hydrogen-bond donors (Lipinski definition) is 1. The molecule has 1 heterocycles. The molecule has 1 N–H and O–H groups in total. The van der Waals surface area contributed by atoms with Crippen LogP contribution in [0.3, 0.4) is 0 Å². The molecule has 4 heteroatoms. The van der Waals surface area contributed by atoms with Gasteiger partial charge in [0.25, 0.3) is 0 Å². The van der Waals surface area contributed by atoms with E-state index in [1.807, 2.05) is 13.0 Å². The summed E-state index contributed by atoms with van der Waals surface area (Å²) in [5, 5.41) is 5.39. The molecule has 0 fully saturated rings. The molecular weight excluding hydrogens is 261 g/mol. The molecule has 2 aromatic rings. The average Bonchev–Trinajstić information content (AvgIpc) is 2.87. The molecule has 2 nitrogen and oxygen atoms in total. The molecule has 102 valence electrons. The van der Waals surface area contributed by atoms with Crippen LogP contribution in [0.15, 0.2) is 35.7 Å². The first-order chi connectivity index (χ1) is 9.15. The Bertz CT molecular complexity index is 513. The van der Waals surface area contributed by atoms with Crippen molar-refractivity contribution in [3.63, 3.8) is 0 Å². The lowest BCUT2D eigenvalue weighted by Crippen LogP contribution is -2.28. The minimum atomic E-state index is -0.226. The molecule has 0 saturated heterocycles. The number of hydrogen-bond acceptors (Lipinski definition) is 3. The predicted molar refractivity (Wildman–Crippen MR) is 77.3 cm³/mol. The van der Waals surface area contributed by atoms with Crippen molar-refractivity contribution in [2.45, 2.75) is 26.5 Å². The second kappa shape index (κ2) is 6.68. The molecule has 2 rings (SSSR count). The molecule has 0 saturated carbocycles. The first-order valence-corrected chi connectivity index (χ1v) is 7.19. The zero-order valence-corrected chi connectivity index (χ0v) is 12.0. The number of thiophene rings is 1. The van der Waals surface area contributed by atoms with Crippen LogP contribution in [0, 0.1) is 12.7 Å². The fraction of sp³-hybridized carbons (Fsp3) is 0.333. The molecule has 0 spiro atoms. The van der Waals surface area contributed by atoms with Crippen molar-refractivity contribution < 1.29 is 9.13 Å². The number of rotatable bonds is 6. The van der Waals surface area contributed by atoms with Gasteiger partial charge in [-0.15, -0.1) is 11.3 Å². The van der Waals surface area contributed by atoms with Crippen LogP contribution in [0.1, 0.15) is 17.4 Å². The highest BCUT2D eigenvalue weighted by molar-refractivity contribution is 7.09. The molecule has 1 aromatic heterocycles. The smallest absolute Gasteiger partial charge is 0.129 e. The van der Waals surface area contributed by atoms with Gasteiger partial charge in [0.2, 0.25) is 0 Å². The maximum Gasteiger partial charge on any atom is 0.129 e. The monoisotopic (exact) mass is 279 g/mol. The highest BCUT2D eigenvalue weighted by atomic mass is 32.1. The number of nitrogens with one attached hydrogen (secondary N) is 1. The Kier molecular flexibility index (Phi) is 4.93. The summed E-state index contributed by atoms with van der Waals surface area (Å²) in [7, 11) is 0. The van der Waals surface area contributed by atoms with Crippen LogP contribution < -0.4 is 10.1 Å². The van der Waals surface area contributed by atoms with Crippen LogP contribution in [-0.2, 0) is 6.54 Å². The highest BCUT2D eigenvalue weighted by Crippen LogP contribution is 2.17. The fourth-order valence-corrected chi connectivity index (χ4v) is 2.41. The van der Waals surface area contributed by atoms with Crippen LogP contribution in [0.4, 0.5) is 4.39 Å². The molecule has 0 amide bonds. The first kappa shape index (κ1) is 14.0. The molecule has 1 atom stereocenters. The average molecular weight is 279 g/mol. The van der Waals surface area contributed by atoms with E-state index >= 15 is 0 Å². The van der Waals surface area contributed by atoms with E-state index in [0.717, 1.165) is 13.1 Å². The van der Waals surface area contributed by atoms with Gasteiger partial charge < -0.3 is 10.1 Å². The van der Waals surface area contributed by atoms with Gasteiger partial charge >= 0.3 is 0 Å². The van der Waals surface area contributed by atoms with Crippen molar-refractivity contribution >= 4 is 11.3 Å². The Balaban J connectivity index is 1.77. The van der Waals surface area contributed by atoms with Gasteiger partial charge in [-0.1, -0.05) is 12.1 Å². The predicted octanol–water partition coefficient (Wildman–Crippen LogP) is 3.75. The molecule has 0 radical (unpaired) electrons. The van der Waals surface area contributed by atoms with E-state index in [1.165, 1.54) is 10.9 Å². The summed E-state index contributed by atoms with van der Waals surface area (Å²) in [5.74, 6) is 0.352. The van der Waals surface area contributed by atoms with Crippen molar-refractivity contribution in [1.82, 2.24) is 5.32 Å². The number of ether oxygens (including phenoxy) is 1. The molecule has 0 aliphatic heterocycles. The van der Waals surface area contributed by atoms with Gasteiger partial charge in [-0.25, -0.2) is 4.39 Å². The zero-order chi connectivity index (χ0) is 13.7. The van der Waals surface area contributed by atoms with Crippen molar-refractivity contribution in [3.8, 4) is 5.75 Å². The van der Waals surface area contributed by atoms with Crippen LogP contribution >= 0.6 is 11.3 Å². The van der Waals surface area contributed by atoms with E-state index in [2.05, 4.69) is 16.8 Å². The van der Waals surface area contributed by atoms with Gasteiger partial charge in [0.1, 0.15) is 17.7 Å². The molecular formula is C15H18FNOS. The standard InChI is InChI=1S/C15H18FNOS/c1-11-5-6-13(8-15(11)16)18-12(2)9-17-10-14-4-3-7-19-14/h3-8,12,17H,9-10H2,1-2H3. The van der Waals surface area contributed by atoms with E-state index in [9.17, 15) is 4.39 Å². The van der Waals surface area contributed by atoms with Gasteiger partial charge in [0.15, 0.2) is 0 Å². The zero-order valence-electron chi connectivity index (χ0n) is 11.2. The minimum Gasteiger partial charge on any atom is -0.489 e. The molecule has 0 aliphatic carbocycles. The Hall–Kier alpha value is -1.39. The normalized spacial score (nSPS) is 12.4. The van der Waals surface area contributed by atoms with Gasteiger partial charge in [-0.05, 0) is 36.9 Å². The Morgan fingerprint density at radius 3 is 2.89 bits per heavy atom. The largest absolute Gasteiger partial charge is 0.489 e. The van der Waals surface area contributed by atoms with Gasteiger partial charge in [0.05, 0.1) is 0 Å². The number of halogens is 1. The Labute approximate surface area is 117 Å². The quantitative estimate of drug-likeness (QED) is 0.869. The lowest BCUT2D eigenvalue weighted by Gasteiger charge is -2.15. The second-order valence-electron chi connectivity index (χ2n) is 4.55. The van der Waals surface area contributed by atoms with Crippen molar-refractivity contribution in [2.24, 2.45) is 0 Å². The maximum atomic E-state index is 13.4. The van der Waals surface area contributed by atoms with Crippen molar-refractivity contribution in [1.29, 1.82) is 0 Å². The summed E-state index contributed by atoms with van der Waals surface area (Å²) in [4.78, 5) is 1.30. The number of aryl methyl sites for hydroxylation is 1. The fourth-order valence-electron chi connectivity index (χ4n) is 1.73. The third-order valence-electron chi connectivity index (χ3n) is 2.79. The molecule has 1 unspecified atom stereocenters. The van der Waals surface area contributed by atoms with Gasteiger partial charge in [-0.2, -0.15) is 0 Å². The van der Waals surface area contributed by atoms with E-state index in [-0.39, 0.29) is 11.9 Å². The summed E-state index contributed by atoms with van der Waals surface area (Å²) in [6, 6.07) is 9.10. The van der Waals surface area contributed by atoms with E-state index in [0.29, 0.717) is 11.3 Å². The highest BCUT2D eigenvalue weighted by Gasteiger charge is 2.06. The topological polar surface area (TPSA) is 21.3 Å². The molecule has 0 bridgehead atoms. The number of benzene rings is 1. The Morgan fingerprint density at radius 1 is 1.37 bits per heavy atom. The van der Waals surface area contributed by atoms with Gasteiger partial charge in [-0.3, -0.25) is 0 Å². The molecule has 1 aromatic carbocycles. The summed E-state index contributed by atoms with van der Waals surface area (Å²) in [6.45, 7) is 5.28.